The Morgan fingerprint density at radius 2 is 2.11 bits per heavy atom. The van der Waals surface area contributed by atoms with E-state index in [2.05, 4.69) is 9.71 Å². The molecule has 0 fully saturated rings. The molecule has 0 atom stereocenters. The van der Waals surface area contributed by atoms with E-state index in [9.17, 15) is 13.2 Å². The maximum absolute atomic E-state index is 11.8. The smallest absolute Gasteiger partial charge is 0.328 e. The van der Waals surface area contributed by atoms with Gasteiger partial charge in [-0.2, -0.15) is 0 Å². The minimum Gasteiger partial charge on any atom is -0.478 e. The van der Waals surface area contributed by atoms with Crippen LogP contribution in [0.4, 0.5) is 5.13 Å². The van der Waals surface area contributed by atoms with Crippen LogP contribution >= 0.6 is 11.3 Å². The number of carboxylic acids is 1. The van der Waals surface area contributed by atoms with Gasteiger partial charge in [0.1, 0.15) is 0 Å². The number of nitrogens with zero attached hydrogens (tertiary/aromatic N) is 1. The van der Waals surface area contributed by atoms with E-state index in [0.29, 0.717) is 4.88 Å². The van der Waals surface area contributed by atoms with Crippen molar-refractivity contribution >= 4 is 38.5 Å². The molecule has 18 heavy (non-hydrogen) atoms. The van der Waals surface area contributed by atoms with E-state index in [1.54, 1.807) is 20.8 Å². The summed E-state index contributed by atoms with van der Waals surface area (Å²) in [6.45, 7) is 4.73. The zero-order valence-corrected chi connectivity index (χ0v) is 11.8. The molecule has 6 nitrogen and oxygen atoms in total. The fourth-order valence-electron chi connectivity index (χ4n) is 0.832. The molecule has 0 bridgehead atoms. The quantitative estimate of drug-likeness (QED) is 0.824. The number of hydrogen-bond donors (Lipinski definition) is 2. The Bertz CT molecular complexity index is 567. The number of aliphatic carboxylic acids is 1. The lowest BCUT2D eigenvalue weighted by atomic mass is 10.3. The Balaban J connectivity index is 2.86. The maximum atomic E-state index is 11.8. The Kier molecular flexibility index (Phi) is 4.12. The van der Waals surface area contributed by atoms with Gasteiger partial charge in [-0.3, -0.25) is 4.72 Å². The van der Waals surface area contributed by atoms with Crippen LogP contribution in [0.1, 0.15) is 25.6 Å². The average Bonchev–Trinajstić information content (AvgIpc) is 2.60. The molecule has 0 aliphatic heterocycles. The van der Waals surface area contributed by atoms with E-state index in [0.717, 1.165) is 17.4 Å². The van der Waals surface area contributed by atoms with Gasteiger partial charge in [-0.25, -0.2) is 18.2 Å². The molecule has 1 aromatic rings. The summed E-state index contributed by atoms with van der Waals surface area (Å²) >= 11 is 1.07. The van der Waals surface area contributed by atoms with Gasteiger partial charge in [-0.1, -0.05) is 11.3 Å². The molecule has 0 amide bonds. The molecule has 100 valence electrons. The molecule has 1 aromatic heterocycles. The number of thiazole rings is 1. The summed E-state index contributed by atoms with van der Waals surface area (Å²) in [7, 11) is -3.51. The molecule has 0 aromatic carbocycles. The van der Waals surface area contributed by atoms with Gasteiger partial charge in [-0.15, -0.1) is 0 Å². The highest BCUT2D eigenvalue weighted by molar-refractivity contribution is 7.94. The number of aromatic nitrogens is 1. The largest absolute Gasteiger partial charge is 0.478 e. The molecule has 0 saturated heterocycles. The molecule has 1 heterocycles. The van der Waals surface area contributed by atoms with E-state index in [1.165, 1.54) is 12.3 Å². The number of anilines is 1. The van der Waals surface area contributed by atoms with Crippen LogP contribution in [0.15, 0.2) is 12.3 Å². The van der Waals surface area contributed by atoms with E-state index in [1.807, 2.05) is 0 Å². The van der Waals surface area contributed by atoms with Crippen molar-refractivity contribution in [2.45, 2.75) is 25.5 Å². The second kappa shape index (κ2) is 5.07. The third-order valence-electron chi connectivity index (χ3n) is 1.94. The van der Waals surface area contributed by atoms with E-state index in [-0.39, 0.29) is 5.13 Å². The monoisotopic (exact) mass is 290 g/mol. The first-order chi connectivity index (χ1) is 8.12. The minimum absolute atomic E-state index is 0.218. The Morgan fingerprint density at radius 3 is 2.61 bits per heavy atom. The Morgan fingerprint density at radius 1 is 1.50 bits per heavy atom. The molecule has 0 unspecified atom stereocenters. The van der Waals surface area contributed by atoms with Crippen LogP contribution in [0.3, 0.4) is 0 Å². The van der Waals surface area contributed by atoms with Crippen LogP contribution in [-0.2, 0) is 14.8 Å². The van der Waals surface area contributed by atoms with Crippen molar-refractivity contribution in [1.82, 2.24) is 4.98 Å². The number of rotatable bonds is 4. The van der Waals surface area contributed by atoms with Gasteiger partial charge in [0, 0.05) is 17.2 Å². The first kappa shape index (κ1) is 14.7. The molecular weight excluding hydrogens is 276 g/mol. The summed E-state index contributed by atoms with van der Waals surface area (Å²) in [6, 6.07) is 0. The minimum atomic E-state index is -3.51. The van der Waals surface area contributed by atoms with Crippen LogP contribution < -0.4 is 4.72 Å². The molecule has 0 saturated carbocycles. The zero-order chi connectivity index (χ0) is 14.0. The SMILES string of the molecule is CC(C)(C)S(=O)(=O)Nc1ncc(C=CC(=O)O)s1. The molecule has 0 radical (unpaired) electrons. The van der Waals surface area contributed by atoms with Crippen molar-refractivity contribution in [3.05, 3.63) is 17.2 Å². The highest BCUT2D eigenvalue weighted by atomic mass is 32.2. The number of carboxylic acid groups (broad SMARTS) is 1. The van der Waals surface area contributed by atoms with Gasteiger partial charge in [0.05, 0.1) is 4.75 Å². The molecule has 8 heteroatoms. The zero-order valence-electron chi connectivity index (χ0n) is 10.2. The van der Waals surface area contributed by atoms with Gasteiger partial charge in [0.2, 0.25) is 10.0 Å². The van der Waals surface area contributed by atoms with Crippen molar-refractivity contribution in [3.63, 3.8) is 0 Å². The number of hydrogen-bond acceptors (Lipinski definition) is 5. The summed E-state index contributed by atoms with van der Waals surface area (Å²) in [5, 5.41) is 8.68. The fraction of sp³-hybridized carbons (Fsp3) is 0.400. The van der Waals surface area contributed by atoms with E-state index < -0.39 is 20.7 Å². The maximum Gasteiger partial charge on any atom is 0.328 e. The fourth-order valence-corrected chi connectivity index (χ4v) is 2.49. The van der Waals surface area contributed by atoms with Gasteiger partial charge in [0.25, 0.3) is 0 Å². The van der Waals surface area contributed by atoms with Gasteiger partial charge in [0.15, 0.2) is 5.13 Å². The standard InChI is InChI=1S/C10H14N2O4S2/c1-10(2,3)18(15,16)12-9-11-6-7(17-9)4-5-8(13)14/h4-6H,1-3H3,(H,11,12)(H,13,14). The van der Waals surface area contributed by atoms with Crippen molar-refractivity contribution < 1.29 is 18.3 Å². The highest BCUT2D eigenvalue weighted by Gasteiger charge is 2.29. The molecule has 2 N–H and O–H groups in total. The van der Waals surface area contributed by atoms with Crippen LogP contribution in [0.5, 0.6) is 0 Å². The predicted molar refractivity (Wildman–Crippen MR) is 71.1 cm³/mol. The second-order valence-corrected chi connectivity index (χ2v) is 7.96. The van der Waals surface area contributed by atoms with Gasteiger partial charge >= 0.3 is 5.97 Å². The molecule has 0 spiro atoms. The summed E-state index contributed by atoms with van der Waals surface area (Å²) in [4.78, 5) is 14.8. The lowest BCUT2D eigenvalue weighted by molar-refractivity contribution is -0.131. The molecule has 0 aliphatic rings. The van der Waals surface area contributed by atoms with E-state index >= 15 is 0 Å². The van der Waals surface area contributed by atoms with Crippen LogP contribution in [-0.4, -0.2) is 29.2 Å². The number of sulfonamides is 1. The average molecular weight is 290 g/mol. The first-order valence-electron chi connectivity index (χ1n) is 5.01. The second-order valence-electron chi connectivity index (χ2n) is 4.46. The van der Waals surface area contributed by atoms with Crippen LogP contribution in [0.25, 0.3) is 6.08 Å². The molecular formula is C10H14N2O4S2. The summed E-state index contributed by atoms with van der Waals surface area (Å²) in [6.07, 6.45) is 3.73. The Labute approximate surface area is 109 Å². The first-order valence-corrected chi connectivity index (χ1v) is 7.31. The van der Waals surface area contributed by atoms with Crippen molar-refractivity contribution in [2.75, 3.05) is 4.72 Å². The third-order valence-corrected chi connectivity index (χ3v) is 5.02. The lowest BCUT2D eigenvalue weighted by Crippen LogP contribution is -2.33. The topological polar surface area (TPSA) is 96.4 Å². The van der Waals surface area contributed by atoms with Crippen molar-refractivity contribution in [1.29, 1.82) is 0 Å². The van der Waals surface area contributed by atoms with Gasteiger partial charge < -0.3 is 5.11 Å². The molecule has 1 rings (SSSR count). The predicted octanol–water partition coefficient (Wildman–Crippen LogP) is 1.78. The van der Waals surface area contributed by atoms with Crippen LogP contribution in [0.2, 0.25) is 0 Å². The summed E-state index contributed by atoms with van der Waals surface area (Å²) in [5.41, 5.74) is 0. The Hall–Kier alpha value is -1.41. The van der Waals surface area contributed by atoms with Crippen LogP contribution in [0, 0.1) is 0 Å². The normalized spacial score (nSPS) is 12.8. The third kappa shape index (κ3) is 3.81. The van der Waals surface area contributed by atoms with E-state index in [4.69, 9.17) is 5.11 Å². The lowest BCUT2D eigenvalue weighted by Gasteiger charge is -2.18. The van der Waals surface area contributed by atoms with Crippen molar-refractivity contribution in [2.24, 2.45) is 0 Å². The highest BCUT2D eigenvalue weighted by Crippen LogP contribution is 2.24. The summed E-state index contributed by atoms with van der Waals surface area (Å²) in [5.74, 6) is -1.07. The summed E-state index contributed by atoms with van der Waals surface area (Å²) < 4.78 is 25.1. The van der Waals surface area contributed by atoms with Crippen molar-refractivity contribution in [3.8, 4) is 0 Å². The number of carbonyl (C=O) groups is 1. The number of nitrogens with one attached hydrogen (secondary N) is 1. The molecule has 0 aliphatic carbocycles. The van der Waals surface area contributed by atoms with Gasteiger partial charge in [-0.05, 0) is 26.8 Å².